The number of hydrogen-bond acceptors (Lipinski definition) is 7. The lowest BCUT2D eigenvalue weighted by Crippen LogP contribution is -2.35. The zero-order valence-electron chi connectivity index (χ0n) is 18.2. The summed E-state index contributed by atoms with van der Waals surface area (Å²) in [6.07, 6.45) is 1.47. The number of ether oxygens (including phenoxy) is 1. The summed E-state index contributed by atoms with van der Waals surface area (Å²) in [4.78, 5) is 8.67. The van der Waals surface area contributed by atoms with Crippen molar-refractivity contribution in [2.75, 3.05) is 24.3 Å². The summed E-state index contributed by atoms with van der Waals surface area (Å²) in [6.45, 7) is 3.96. The Morgan fingerprint density at radius 3 is 2.52 bits per heavy atom. The van der Waals surface area contributed by atoms with Crippen LogP contribution in [0, 0.1) is 6.92 Å². The third kappa shape index (κ3) is 6.68. The fourth-order valence-electron chi connectivity index (χ4n) is 3.04. The minimum atomic E-state index is -3.59. The molecule has 176 valence electrons. The number of halogens is 2. The van der Waals surface area contributed by atoms with Crippen molar-refractivity contribution in [1.29, 1.82) is 0 Å². The van der Waals surface area contributed by atoms with Gasteiger partial charge in [0.15, 0.2) is 5.82 Å². The van der Waals surface area contributed by atoms with Gasteiger partial charge in [0, 0.05) is 24.5 Å². The summed E-state index contributed by atoms with van der Waals surface area (Å²) in [5.74, 6) is 1.25. The molecule has 0 radical (unpaired) electrons. The standard InChI is InChI=1S/C21H24Cl2N6O3S/c1-4-25-33(30,31)26-11-14-7-5-6-8-18(14)28-20-17(23)12-24-21(29-20)27-15-9-13(2)19(32-3)16(22)10-15/h5-10,12,25-26H,4,11H2,1-3H3,(H2,24,27,28,29). The molecule has 2 aromatic carbocycles. The first-order valence-corrected chi connectivity index (χ1v) is 12.2. The molecule has 0 amide bonds. The van der Waals surface area contributed by atoms with Gasteiger partial charge in [-0.25, -0.2) is 9.71 Å². The fraction of sp³-hybridized carbons (Fsp3) is 0.238. The average molecular weight is 511 g/mol. The van der Waals surface area contributed by atoms with Crippen LogP contribution in [0.5, 0.6) is 5.75 Å². The van der Waals surface area contributed by atoms with Crippen molar-refractivity contribution in [1.82, 2.24) is 19.4 Å². The quantitative estimate of drug-likeness (QED) is 0.316. The summed E-state index contributed by atoms with van der Waals surface area (Å²) >= 11 is 12.6. The van der Waals surface area contributed by atoms with E-state index in [0.717, 1.165) is 5.56 Å². The minimum Gasteiger partial charge on any atom is -0.495 e. The van der Waals surface area contributed by atoms with Gasteiger partial charge in [-0.3, -0.25) is 0 Å². The van der Waals surface area contributed by atoms with Crippen LogP contribution in [-0.4, -0.2) is 32.0 Å². The van der Waals surface area contributed by atoms with Crippen LogP contribution in [0.3, 0.4) is 0 Å². The van der Waals surface area contributed by atoms with Crippen LogP contribution in [0.25, 0.3) is 0 Å². The fourth-order valence-corrected chi connectivity index (χ4v) is 4.35. The predicted octanol–water partition coefficient (Wildman–Crippen LogP) is 4.53. The molecule has 0 bridgehead atoms. The largest absolute Gasteiger partial charge is 0.495 e. The lowest BCUT2D eigenvalue weighted by Gasteiger charge is -2.15. The molecule has 0 unspecified atom stereocenters. The van der Waals surface area contributed by atoms with E-state index in [0.29, 0.717) is 51.0 Å². The Morgan fingerprint density at radius 1 is 1.06 bits per heavy atom. The maximum absolute atomic E-state index is 11.9. The highest BCUT2D eigenvalue weighted by Gasteiger charge is 2.13. The van der Waals surface area contributed by atoms with Crippen molar-refractivity contribution in [2.24, 2.45) is 0 Å². The molecule has 33 heavy (non-hydrogen) atoms. The third-order valence-electron chi connectivity index (χ3n) is 4.49. The maximum atomic E-state index is 11.9. The second-order valence-corrected chi connectivity index (χ2v) is 9.33. The predicted molar refractivity (Wildman–Crippen MR) is 132 cm³/mol. The van der Waals surface area contributed by atoms with Crippen LogP contribution in [0.4, 0.5) is 23.1 Å². The molecule has 1 heterocycles. The number of nitrogens with one attached hydrogen (secondary N) is 4. The van der Waals surface area contributed by atoms with Crippen LogP contribution in [-0.2, 0) is 16.8 Å². The molecule has 9 nitrogen and oxygen atoms in total. The van der Waals surface area contributed by atoms with E-state index in [9.17, 15) is 8.42 Å². The second-order valence-electron chi connectivity index (χ2n) is 6.93. The molecular formula is C21H24Cl2N6O3S. The summed E-state index contributed by atoms with van der Waals surface area (Å²) in [6, 6.07) is 10.8. The van der Waals surface area contributed by atoms with Crippen molar-refractivity contribution in [2.45, 2.75) is 20.4 Å². The first kappa shape index (κ1) is 25.0. The van der Waals surface area contributed by atoms with Crippen LogP contribution in [0.15, 0.2) is 42.6 Å². The highest BCUT2D eigenvalue weighted by molar-refractivity contribution is 7.87. The number of aromatic nitrogens is 2. The SMILES string of the molecule is CCNS(=O)(=O)NCc1ccccc1Nc1nc(Nc2cc(C)c(OC)c(Cl)c2)ncc1Cl. The minimum absolute atomic E-state index is 0.0793. The summed E-state index contributed by atoms with van der Waals surface area (Å²) in [7, 11) is -2.03. The van der Waals surface area contributed by atoms with E-state index in [1.807, 2.05) is 25.1 Å². The molecule has 0 aliphatic heterocycles. The van der Waals surface area contributed by atoms with Gasteiger partial charge in [0.1, 0.15) is 10.8 Å². The van der Waals surface area contributed by atoms with Gasteiger partial charge in [0.05, 0.1) is 18.3 Å². The number of para-hydroxylation sites is 1. The second kappa shape index (κ2) is 11.0. The third-order valence-corrected chi connectivity index (χ3v) is 6.24. The molecular weight excluding hydrogens is 487 g/mol. The summed E-state index contributed by atoms with van der Waals surface area (Å²) < 4.78 is 34.0. The summed E-state index contributed by atoms with van der Waals surface area (Å²) in [5, 5.41) is 7.01. The Morgan fingerprint density at radius 2 is 1.82 bits per heavy atom. The molecule has 0 spiro atoms. The van der Waals surface area contributed by atoms with Gasteiger partial charge in [0.2, 0.25) is 5.95 Å². The lowest BCUT2D eigenvalue weighted by atomic mass is 10.2. The Labute approximate surface area is 203 Å². The normalized spacial score (nSPS) is 11.3. The topological polar surface area (TPSA) is 117 Å². The molecule has 0 aliphatic rings. The highest BCUT2D eigenvalue weighted by Crippen LogP contribution is 2.33. The number of anilines is 4. The van der Waals surface area contributed by atoms with E-state index >= 15 is 0 Å². The lowest BCUT2D eigenvalue weighted by molar-refractivity contribution is 0.412. The van der Waals surface area contributed by atoms with E-state index in [4.69, 9.17) is 27.9 Å². The van der Waals surface area contributed by atoms with Crippen molar-refractivity contribution in [3.63, 3.8) is 0 Å². The van der Waals surface area contributed by atoms with Crippen molar-refractivity contribution >= 4 is 56.6 Å². The molecule has 0 fully saturated rings. The Bertz CT molecular complexity index is 1220. The molecule has 12 heteroatoms. The molecule has 3 aromatic rings. The van der Waals surface area contributed by atoms with E-state index in [2.05, 4.69) is 30.0 Å². The van der Waals surface area contributed by atoms with Gasteiger partial charge >= 0.3 is 0 Å². The molecule has 1 aromatic heterocycles. The van der Waals surface area contributed by atoms with Gasteiger partial charge in [-0.05, 0) is 36.2 Å². The molecule has 0 atom stereocenters. The number of aryl methyl sites for hydroxylation is 1. The first-order valence-electron chi connectivity index (χ1n) is 9.95. The van der Waals surface area contributed by atoms with E-state index in [1.54, 1.807) is 32.2 Å². The molecule has 0 saturated carbocycles. The Kier molecular flexibility index (Phi) is 8.33. The maximum Gasteiger partial charge on any atom is 0.277 e. The van der Waals surface area contributed by atoms with Gasteiger partial charge < -0.3 is 15.4 Å². The number of methoxy groups -OCH3 is 1. The number of hydrogen-bond donors (Lipinski definition) is 4. The van der Waals surface area contributed by atoms with Gasteiger partial charge in [-0.15, -0.1) is 0 Å². The average Bonchev–Trinajstić information content (AvgIpc) is 2.75. The number of rotatable bonds is 10. The van der Waals surface area contributed by atoms with Crippen LogP contribution >= 0.6 is 23.2 Å². The molecule has 3 rings (SSSR count). The summed E-state index contributed by atoms with van der Waals surface area (Å²) in [5.41, 5.74) is 2.89. The van der Waals surface area contributed by atoms with Crippen molar-refractivity contribution < 1.29 is 13.2 Å². The Balaban J connectivity index is 1.81. The molecule has 0 saturated heterocycles. The number of benzene rings is 2. The van der Waals surface area contributed by atoms with Gasteiger partial charge in [0.25, 0.3) is 10.2 Å². The van der Waals surface area contributed by atoms with Crippen LogP contribution < -0.4 is 24.8 Å². The van der Waals surface area contributed by atoms with Crippen LogP contribution in [0.1, 0.15) is 18.1 Å². The monoisotopic (exact) mass is 510 g/mol. The van der Waals surface area contributed by atoms with Gasteiger partial charge in [-0.2, -0.15) is 18.1 Å². The Hall–Kier alpha value is -2.63. The first-order chi connectivity index (χ1) is 15.7. The van der Waals surface area contributed by atoms with E-state index < -0.39 is 10.2 Å². The molecule has 0 aliphatic carbocycles. The van der Waals surface area contributed by atoms with Crippen LogP contribution in [0.2, 0.25) is 10.0 Å². The zero-order valence-corrected chi connectivity index (χ0v) is 20.6. The van der Waals surface area contributed by atoms with Crippen molar-refractivity contribution in [3.8, 4) is 5.75 Å². The van der Waals surface area contributed by atoms with E-state index in [1.165, 1.54) is 6.20 Å². The van der Waals surface area contributed by atoms with Gasteiger partial charge in [-0.1, -0.05) is 48.3 Å². The highest BCUT2D eigenvalue weighted by atomic mass is 35.5. The zero-order chi connectivity index (χ0) is 24.0. The van der Waals surface area contributed by atoms with Crippen molar-refractivity contribution in [3.05, 3.63) is 63.8 Å². The van der Waals surface area contributed by atoms with E-state index in [-0.39, 0.29) is 6.54 Å². The number of nitrogens with zero attached hydrogens (tertiary/aromatic N) is 2. The smallest absolute Gasteiger partial charge is 0.277 e. The molecule has 4 N–H and O–H groups in total.